The van der Waals surface area contributed by atoms with Crippen LogP contribution in [0.4, 0.5) is 10.5 Å². The van der Waals surface area contributed by atoms with Gasteiger partial charge in [-0.15, -0.1) is 0 Å². The lowest BCUT2D eigenvalue weighted by atomic mass is 9.99. The molecule has 1 unspecified atom stereocenters. The van der Waals surface area contributed by atoms with Crippen LogP contribution in [0.5, 0.6) is 0 Å². The first-order valence-electron chi connectivity index (χ1n) is 13.4. The SMILES string of the molecule is CCCC(C)N1CCC(N(Cc2cccc(CCC(=O)CC)c2)C(=O)Nc2cccc(C)c2)CC1. The summed E-state index contributed by atoms with van der Waals surface area (Å²) in [6.45, 7) is 11.1. The fourth-order valence-corrected chi connectivity index (χ4v) is 5.06. The summed E-state index contributed by atoms with van der Waals surface area (Å²) in [6, 6.07) is 17.1. The van der Waals surface area contributed by atoms with Gasteiger partial charge >= 0.3 is 6.03 Å². The molecule has 0 spiro atoms. The molecule has 0 bridgehead atoms. The Kier molecular flexibility index (Phi) is 10.3. The van der Waals surface area contributed by atoms with E-state index in [0.29, 0.717) is 31.2 Å². The number of Topliss-reactive ketones (excluding diaryl/α,β-unsaturated/α-hetero) is 1. The van der Waals surface area contributed by atoms with E-state index in [-0.39, 0.29) is 12.1 Å². The van der Waals surface area contributed by atoms with Crippen LogP contribution in [0.15, 0.2) is 48.5 Å². The van der Waals surface area contributed by atoms with Crippen molar-refractivity contribution in [3.8, 4) is 0 Å². The van der Waals surface area contributed by atoms with Crippen LogP contribution in [-0.2, 0) is 17.8 Å². The summed E-state index contributed by atoms with van der Waals surface area (Å²) < 4.78 is 0. The van der Waals surface area contributed by atoms with Crippen LogP contribution in [0.2, 0.25) is 0 Å². The molecule has 1 fully saturated rings. The van der Waals surface area contributed by atoms with Crippen molar-refractivity contribution in [2.45, 2.75) is 91.3 Å². The van der Waals surface area contributed by atoms with E-state index in [4.69, 9.17) is 0 Å². The van der Waals surface area contributed by atoms with Crippen molar-refractivity contribution in [3.63, 3.8) is 0 Å². The van der Waals surface area contributed by atoms with Gasteiger partial charge in [-0.05, 0) is 68.4 Å². The molecule has 1 heterocycles. The molecular weight excluding hydrogens is 434 g/mol. The third-order valence-corrected chi connectivity index (χ3v) is 7.23. The van der Waals surface area contributed by atoms with Crippen molar-refractivity contribution in [2.24, 2.45) is 0 Å². The van der Waals surface area contributed by atoms with Crippen molar-refractivity contribution in [1.29, 1.82) is 0 Å². The summed E-state index contributed by atoms with van der Waals surface area (Å²) in [5, 5.41) is 3.15. The molecule has 0 aliphatic carbocycles. The van der Waals surface area contributed by atoms with Gasteiger partial charge in [0.1, 0.15) is 5.78 Å². The number of rotatable bonds is 11. The number of likely N-dealkylation sites (tertiary alicyclic amines) is 1. The Labute approximate surface area is 211 Å². The molecule has 1 N–H and O–H groups in total. The Hall–Kier alpha value is -2.66. The van der Waals surface area contributed by atoms with E-state index in [2.05, 4.69) is 42.3 Å². The molecule has 2 aromatic rings. The minimum absolute atomic E-state index is 0.0396. The maximum absolute atomic E-state index is 13.5. The number of hydrogen-bond acceptors (Lipinski definition) is 3. The second-order valence-electron chi connectivity index (χ2n) is 10.0. The minimum Gasteiger partial charge on any atom is -0.317 e. The molecule has 0 saturated carbocycles. The summed E-state index contributed by atoms with van der Waals surface area (Å²) >= 11 is 0. The van der Waals surface area contributed by atoms with Gasteiger partial charge in [0.05, 0.1) is 0 Å². The average molecular weight is 478 g/mol. The first-order chi connectivity index (χ1) is 16.9. The maximum Gasteiger partial charge on any atom is 0.322 e. The van der Waals surface area contributed by atoms with E-state index < -0.39 is 0 Å². The molecule has 5 heteroatoms. The van der Waals surface area contributed by atoms with Crippen molar-refractivity contribution >= 4 is 17.5 Å². The summed E-state index contributed by atoms with van der Waals surface area (Å²) in [5.74, 6) is 0.290. The second-order valence-corrected chi connectivity index (χ2v) is 10.0. The van der Waals surface area contributed by atoms with Crippen LogP contribution in [0, 0.1) is 6.92 Å². The van der Waals surface area contributed by atoms with E-state index in [9.17, 15) is 9.59 Å². The fourth-order valence-electron chi connectivity index (χ4n) is 5.06. The van der Waals surface area contributed by atoms with E-state index in [1.807, 2.05) is 49.1 Å². The number of piperidine rings is 1. The highest BCUT2D eigenvalue weighted by molar-refractivity contribution is 5.89. The molecule has 190 valence electrons. The first-order valence-corrected chi connectivity index (χ1v) is 13.4. The number of hydrogen-bond donors (Lipinski definition) is 1. The third kappa shape index (κ3) is 8.21. The van der Waals surface area contributed by atoms with Crippen LogP contribution in [-0.4, -0.2) is 46.8 Å². The van der Waals surface area contributed by atoms with Gasteiger partial charge in [-0.2, -0.15) is 0 Å². The Morgan fingerprint density at radius 2 is 1.77 bits per heavy atom. The fraction of sp³-hybridized carbons (Fsp3) is 0.533. The highest BCUT2D eigenvalue weighted by Crippen LogP contribution is 2.24. The lowest BCUT2D eigenvalue weighted by Gasteiger charge is -2.40. The molecule has 0 radical (unpaired) electrons. The Morgan fingerprint density at radius 3 is 2.46 bits per heavy atom. The van der Waals surface area contributed by atoms with Crippen molar-refractivity contribution in [2.75, 3.05) is 18.4 Å². The molecule has 0 aromatic heterocycles. The minimum atomic E-state index is -0.0396. The van der Waals surface area contributed by atoms with Gasteiger partial charge < -0.3 is 15.1 Å². The Bertz CT molecular complexity index is 966. The average Bonchev–Trinajstić information content (AvgIpc) is 2.86. The van der Waals surface area contributed by atoms with Gasteiger partial charge in [0.2, 0.25) is 0 Å². The number of benzene rings is 2. The van der Waals surface area contributed by atoms with Gasteiger partial charge in [-0.3, -0.25) is 4.79 Å². The number of amides is 2. The zero-order valence-electron chi connectivity index (χ0n) is 22.1. The van der Waals surface area contributed by atoms with Crippen molar-refractivity contribution in [1.82, 2.24) is 9.80 Å². The lowest BCUT2D eigenvalue weighted by molar-refractivity contribution is -0.118. The number of anilines is 1. The molecule has 1 aliphatic heterocycles. The first kappa shape index (κ1) is 26.9. The number of nitrogens with one attached hydrogen (secondary N) is 1. The number of carbonyl (C=O) groups excluding carboxylic acids is 2. The zero-order chi connectivity index (χ0) is 25.2. The van der Waals surface area contributed by atoms with Crippen molar-refractivity contribution in [3.05, 3.63) is 65.2 Å². The predicted octanol–water partition coefficient (Wildman–Crippen LogP) is 6.59. The highest BCUT2D eigenvalue weighted by atomic mass is 16.2. The monoisotopic (exact) mass is 477 g/mol. The zero-order valence-corrected chi connectivity index (χ0v) is 22.1. The highest BCUT2D eigenvalue weighted by Gasteiger charge is 2.29. The molecule has 2 aromatic carbocycles. The quantitative estimate of drug-likeness (QED) is 0.397. The standard InChI is InChI=1S/C30H43N3O2/c1-5-9-24(4)32-18-16-28(17-19-32)33(30(35)31-27-13-7-10-23(3)20-27)22-26-12-8-11-25(21-26)14-15-29(34)6-2/h7-8,10-13,20-21,24,28H,5-6,9,14-19,22H2,1-4H3,(H,31,35). The largest absolute Gasteiger partial charge is 0.322 e. The van der Waals surface area contributed by atoms with Gasteiger partial charge in [-0.1, -0.05) is 56.7 Å². The number of ketones is 1. The third-order valence-electron chi connectivity index (χ3n) is 7.23. The molecule has 1 saturated heterocycles. The number of carbonyl (C=O) groups is 2. The number of nitrogens with zero attached hydrogens (tertiary/aromatic N) is 2. The predicted molar refractivity (Wildman–Crippen MR) is 145 cm³/mol. The normalized spacial score (nSPS) is 15.5. The van der Waals surface area contributed by atoms with Crippen LogP contribution in [0.1, 0.15) is 76.0 Å². The van der Waals surface area contributed by atoms with Gasteiger partial charge in [0, 0.05) is 50.2 Å². The molecule has 2 amide bonds. The van der Waals surface area contributed by atoms with E-state index in [1.165, 1.54) is 12.8 Å². The second kappa shape index (κ2) is 13.4. The summed E-state index contributed by atoms with van der Waals surface area (Å²) in [4.78, 5) is 29.9. The Balaban J connectivity index is 1.74. The summed E-state index contributed by atoms with van der Waals surface area (Å²) in [7, 11) is 0. The van der Waals surface area contributed by atoms with E-state index >= 15 is 0 Å². The van der Waals surface area contributed by atoms with Gasteiger partial charge in [0.15, 0.2) is 0 Å². The van der Waals surface area contributed by atoms with E-state index in [1.54, 1.807) is 0 Å². The van der Waals surface area contributed by atoms with Crippen LogP contribution in [0.3, 0.4) is 0 Å². The van der Waals surface area contributed by atoms with Crippen LogP contribution >= 0.6 is 0 Å². The maximum atomic E-state index is 13.5. The number of urea groups is 1. The Morgan fingerprint density at radius 1 is 1.06 bits per heavy atom. The molecular formula is C30H43N3O2. The molecule has 1 aliphatic rings. The summed E-state index contributed by atoms with van der Waals surface area (Å²) in [6.07, 6.45) is 6.31. The summed E-state index contributed by atoms with van der Waals surface area (Å²) in [5.41, 5.74) is 4.24. The number of aryl methyl sites for hydroxylation is 2. The van der Waals surface area contributed by atoms with Crippen molar-refractivity contribution < 1.29 is 9.59 Å². The molecule has 35 heavy (non-hydrogen) atoms. The molecule has 3 rings (SSSR count). The smallest absolute Gasteiger partial charge is 0.317 e. The van der Waals surface area contributed by atoms with Gasteiger partial charge in [0.25, 0.3) is 0 Å². The lowest BCUT2D eigenvalue weighted by Crippen LogP contribution is -2.50. The van der Waals surface area contributed by atoms with E-state index in [0.717, 1.165) is 54.7 Å². The molecule has 5 nitrogen and oxygen atoms in total. The van der Waals surface area contributed by atoms with Crippen LogP contribution in [0.25, 0.3) is 0 Å². The van der Waals surface area contributed by atoms with Gasteiger partial charge in [-0.25, -0.2) is 4.79 Å². The van der Waals surface area contributed by atoms with Crippen LogP contribution < -0.4 is 5.32 Å². The molecule has 1 atom stereocenters. The topological polar surface area (TPSA) is 52.7 Å².